The van der Waals surface area contributed by atoms with E-state index in [4.69, 9.17) is 42.6 Å². The number of rotatable bonds is 27. The molecule has 3 aliphatic rings. The average Bonchev–Trinajstić information content (AvgIpc) is 3.67. The van der Waals surface area contributed by atoms with Crippen LogP contribution in [0.4, 0.5) is 0 Å². The second-order valence-electron chi connectivity index (χ2n) is 20.4. The Bertz CT molecular complexity index is 1370. The molecule has 59 heavy (non-hydrogen) atoms. The third-order valence-corrected chi connectivity index (χ3v) is 34.3. The molecule has 3 fully saturated rings. The molecule has 7 atom stereocenters. The first-order valence-electron chi connectivity index (χ1n) is 23.3. The Morgan fingerprint density at radius 3 is 2.00 bits per heavy atom. The summed E-state index contributed by atoms with van der Waals surface area (Å²) in [7, 11) is -1.39. The van der Waals surface area contributed by atoms with Gasteiger partial charge in [-0.1, -0.05) is 19.6 Å². The summed E-state index contributed by atoms with van der Waals surface area (Å²) >= 11 is -2.87. The van der Waals surface area contributed by atoms with Crippen LogP contribution in [0.2, 0.25) is 52.1 Å². The Morgan fingerprint density at radius 1 is 0.797 bits per heavy atom. The Kier molecular flexibility index (Phi) is 20.6. The second kappa shape index (κ2) is 23.7. The molecule has 3 saturated heterocycles. The molecule has 1 aromatic rings. The van der Waals surface area contributed by atoms with Crippen LogP contribution in [-0.2, 0) is 42.6 Å². The van der Waals surface area contributed by atoms with E-state index in [-0.39, 0.29) is 44.1 Å². The number of allylic oxidation sites excluding steroid dienone is 1. The van der Waals surface area contributed by atoms with Crippen LogP contribution in [0, 0.1) is 0 Å². The number of ether oxygens (including phenoxy) is 9. The Hall–Kier alpha value is -0.168. The third-order valence-electron chi connectivity index (χ3n) is 12.6. The summed E-state index contributed by atoms with van der Waals surface area (Å²) in [5, 5.41) is 1.51. The molecule has 0 amide bonds. The quantitative estimate of drug-likeness (QED) is 0.0486. The number of methoxy groups -OCH3 is 1. The van der Waals surface area contributed by atoms with Crippen LogP contribution in [0.5, 0.6) is 0 Å². The van der Waals surface area contributed by atoms with E-state index >= 15 is 0 Å². The van der Waals surface area contributed by atoms with Crippen molar-refractivity contribution in [3.05, 3.63) is 39.6 Å². The number of fused-ring (bicyclic) bond motifs is 1. The van der Waals surface area contributed by atoms with Gasteiger partial charge in [0.05, 0.1) is 0 Å². The van der Waals surface area contributed by atoms with Crippen LogP contribution >= 0.6 is 0 Å². The van der Waals surface area contributed by atoms with Gasteiger partial charge in [0, 0.05) is 14.7 Å². The van der Waals surface area contributed by atoms with Crippen molar-refractivity contribution in [3.8, 4) is 0 Å². The maximum absolute atomic E-state index is 7.26. The molecule has 0 unspecified atom stereocenters. The zero-order valence-electron chi connectivity index (χ0n) is 39.7. The molecule has 4 rings (SSSR count). The van der Waals surface area contributed by atoms with Crippen molar-refractivity contribution in [2.75, 3.05) is 33.9 Å². The summed E-state index contributed by atoms with van der Waals surface area (Å²) in [6.45, 7) is 28.7. The second-order valence-corrected chi connectivity index (χ2v) is 43.7. The van der Waals surface area contributed by atoms with Crippen molar-refractivity contribution in [1.29, 1.82) is 0 Å². The van der Waals surface area contributed by atoms with E-state index in [2.05, 4.69) is 89.5 Å². The number of unbranched alkanes of at least 4 members (excludes halogenated alkanes) is 3. The average molecular weight is 970 g/mol. The Balaban J connectivity index is 1.66. The van der Waals surface area contributed by atoms with Gasteiger partial charge in [-0.3, -0.25) is 0 Å². The third kappa shape index (κ3) is 15.8. The molecule has 0 saturated carbocycles. The van der Waals surface area contributed by atoms with Gasteiger partial charge in [0.15, 0.2) is 0 Å². The Morgan fingerprint density at radius 2 is 1.41 bits per heavy atom. The first kappa shape index (κ1) is 51.5. The van der Waals surface area contributed by atoms with Crippen LogP contribution < -0.4 is 5.19 Å². The van der Waals surface area contributed by atoms with E-state index in [1.807, 2.05) is 31.3 Å². The van der Waals surface area contributed by atoms with Gasteiger partial charge in [-0.2, -0.15) is 0 Å². The van der Waals surface area contributed by atoms with Crippen molar-refractivity contribution in [2.24, 2.45) is 0 Å². The van der Waals surface area contributed by atoms with Gasteiger partial charge in [-0.05, 0) is 6.04 Å². The van der Waals surface area contributed by atoms with Gasteiger partial charge in [0.2, 0.25) is 0 Å². The molecular weight excluding hydrogens is 883 g/mol. The zero-order chi connectivity index (χ0) is 43.3. The predicted molar refractivity (Wildman–Crippen MR) is 248 cm³/mol. The fourth-order valence-electron chi connectivity index (χ4n) is 9.43. The van der Waals surface area contributed by atoms with Crippen molar-refractivity contribution in [3.63, 3.8) is 0 Å². The van der Waals surface area contributed by atoms with E-state index in [1.54, 1.807) is 7.11 Å². The van der Waals surface area contributed by atoms with Crippen LogP contribution in [0.1, 0.15) is 106 Å². The minimum absolute atomic E-state index is 0.183. The summed E-state index contributed by atoms with van der Waals surface area (Å²) in [4.78, 5) is 0. The SMILES string of the molecule is CCC[CH2][Sn]([CH2]CCC)([CH2]CCC)/[C](=C\[Si](C)(C)c1ccccc1)CC[C@@H](OCOC)[C@H]1C[C@H]2OC(C)(C)O[C@H]2[C@H]([C@H]2OC(C)(C)O[C@@H]2COCOCC[Si](C)(C)C)O1. The molecule has 0 aliphatic carbocycles. The molecule has 9 nitrogen and oxygen atoms in total. The molecule has 0 bridgehead atoms. The molecule has 0 N–H and O–H groups in total. The molecule has 3 heterocycles. The van der Waals surface area contributed by atoms with Gasteiger partial charge in [-0.15, -0.1) is 0 Å². The van der Waals surface area contributed by atoms with Crippen molar-refractivity contribution < 1.29 is 42.6 Å². The predicted octanol–water partition coefficient (Wildman–Crippen LogP) is 10.8. The molecular formula is C47H86O9Si2Sn. The maximum atomic E-state index is 7.26. The molecule has 0 aromatic heterocycles. The van der Waals surface area contributed by atoms with E-state index in [0.717, 1.165) is 18.9 Å². The first-order chi connectivity index (χ1) is 27.9. The molecule has 340 valence electrons. The summed E-state index contributed by atoms with van der Waals surface area (Å²) in [5.41, 5.74) is 2.87. The van der Waals surface area contributed by atoms with Crippen LogP contribution in [0.15, 0.2) is 39.6 Å². The summed E-state index contributed by atoms with van der Waals surface area (Å²) in [6, 6.07) is 12.4. The fourth-order valence-corrected chi connectivity index (χ4v) is 34.1. The van der Waals surface area contributed by atoms with Crippen molar-refractivity contribution >= 4 is 39.7 Å². The fraction of sp³-hybridized carbons (Fsp3) is 0.830. The first-order valence-corrected chi connectivity index (χ1v) is 37.5. The molecule has 0 radical (unpaired) electrons. The molecule has 0 spiro atoms. The van der Waals surface area contributed by atoms with Gasteiger partial charge in [0.1, 0.15) is 0 Å². The van der Waals surface area contributed by atoms with Gasteiger partial charge >= 0.3 is 323 Å². The van der Waals surface area contributed by atoms with Crippen LogP contribution in [0.25, 0.3) is 0 Å². The van der Waals surface area contributed by atoms with E-state index in [1.165, 1.54) is 57.0 Å². The van der Waals surface area contributed by atoms with E-state index in [9.17, 15) is 0 Å². The number of hydrogen-bond acceptors (Lipinski definition) is 9. The minimum atomic E-state index is -2.87. The van der Waals surface area contributed by atoms with Crippen molar-refractivity contribution in [1.82, 2.24) is 0 Å². The van der Waals surface area contributed by atoms with Gasteiger partial charge < -0.3 is 4.74 Å². The number of hydrogen-bond donors (Lipinski definition) is 0. The van der Waals surface area contributed by atoms with Crippen molar-refractivity contribution in [2.45, 2.75) is 213 Å². The standard InChI is InChI=1S/C35H59O9Si2.3C4H9.Sn/c1-34(2)41-29-22-28(27(39-24-36-5)18-14-15-20-46(9,10)26-16-12-11-13-17-26)40-33(31(29)43-34)32-30(42-35(3,4)44-32)23-38-25-37-19-21-45(6,7)8;3*1-3-4-2;/h11-13,16-17,20,27-33H,14,18-19,21-25H2,1-10H3;3*1,3-4H2,2H3;/t27-,28-,29-,30-,31-,32+,33-;;;;/m1..../s1. The monoisotopic (exact) mass is 970 g/mol. The molecule has 1 aromatic carbocycles. The summed E-state index contributed by atoms with van der Waals surface area (Å²) in [6.07, 6.45) is 8.11. The Labute approximate surface area is 366 Å². The van der Waals surface area contributed by atoms with Gasteiger partial charge in [0.25, 0.3) is 0 Å². The molecule has 3 aliphatic heterocycles. The van der Waals surface area contributed by atoms with Gasteiger partial charge in [-0.25, -0.2) is 0 Å². The zero-order valence-corrected chi connectivity index (χ0v) is 44.6. The van der Waals surface area contributed by atoms with E-state index in [0.29, 0.717) is 19.6 Å². The summed E-state index contributed by atoms with van der Waals surface area (Å²) < 4.78 is 64.2. The molecule has 12 heteroatoms. The van der Waals surface area contributed by atoms with Crippen LogP contribution in [0.3, 0.4) is 0 Å². The van der Waals surface area contributed by atoms with Crippen LogP contribution in [-0.4, -0.2) is 123 Å². The topological polar surface area (TPSA) is 83.1 Å². The normalized spacial score (nSPS) is 26.6. The van der Waals surface area contributed by atoms with E-state index < -0.39 is 58.3 Å². The number of benzene rings is 1. The summed E-state index contributed by atoms with van der Waals surface area (Å²) in [5.74, 6) is -1.57.